The molecule has 3 rings (SSSR count). The maximum absolute atomic E-state index is 11.4. The molecule has 0 fully saturated rings. The first-order valence-corrected chi connectivity index (χ1v) is 10.1. The molecule has 5 nitrogen and oxygen atoms in total. The Morgan fingerprint density at radius 3 is 2.47 bits per heavy atom. The predicted molar refractivity (Wildman–Crippen MR) is 119 cm³/mol. The Kier molecular flexibility index (Phi) is 7.20. The molecule has 2 N–H and O–H groups in total. The number of carboxylic acid groups (broad SMARTS) is 1. The van der Waals surface area contributed by atoms with Crippen molar-refractivity contribution in [2.45, 2.75) is 27.0 Å². The van der Waals surface area contributed by atoms with Gasteiger partial charge in [-0.25, -0.2) is 4.79 Å². The van der Waals surface area contributed by atoms with Gasteiger partial charge < -0.3 is 19.9 Å². The largest absolute Gasteiger partial charge is 0.490 e. The molecule has 156 valence electrons. The summed E-state index contributed by atoms with van der Waals surface area (Å²) in [6.07, 6.45) is 0. The van der Waals surface area contributed by atoms with E-state index in [0.717, 1.165) is 16.8 Å². The fourth-order valence-corrected chi connectivity index (χ4v) is 3.34. The first kappa shape index (κ1) is 21.5. The smallest absolute Gasteiger partial charge is 0.336 e. The third-order valence-corrected chi connectivity index (χ3v) is 5.09. The minimum absolute atomic E-state index is 0.276. The monoisotopic (exact) mass is 425 g/mol. The third kappa shape index (κ3) is 5.05. The van der Waals surface area contributed by atoms with Crippen LogP contribution in [0, 0.1) is 6.92 Å². The summed E-state index contributed by atoms with van der Waals surface area (Å²) < 4.78 is 11.9. The van der Waals surface area contributed by atoms with E-state index in [2.05, 4.69) is 5.32 Å². The summed E-state index contributed by atoms with van der Waals surface area (Å²) in [5.74, 6) is 0.344. The fraction of sp³-hybridized carbons (Fsp3) is 0.208. The normalized spacial score (nSPS) is 10.5. The first-order valence-electron chi connectivity index (χ1n) is 9.69. The van der Waals surface area contributed by atoms with Gasteiger partial charge in [0, 0.05) is 28.4 Å². The van der Waals surface area contributed by atoms with Crippen LogP contribution in [0.2, 0.25) is 5.02 Å². The predicted octanol–water partition coefficient (Wildman–Crippen LogP) is 5.94. The average molecular weight is 426 g/mol. The van der Waals surface area contributed by atoms with Crippen LogP contribution >= 0.6 is 11.6 Å². The highest BCUT2D eigenvalue weighted by Crippen LogP contribution is 2.33. The van der Waals surface area contributed by atoms with Crippen LogP contribution in [0.5, 0.6) is 11.5 Å². The Balaban J connectivity index is 1.84. The van der Waals surface area contributed by atoms with Crippen molar-refractivity contribution in [1.82, 2.24) is 0 Å². The van der Waals surface area contributed by atoms with E-state index in [9.17, 15) is 9.90 Å². The number of ether oxygens (including phenoxy) is 2. The summed E-state index contributed by atoms with van der Waals surface area (Å²) in [7, 11) is 0. The van der Waals surface area contributed by atoms with E-state index < -0.39 is 5.97 Å². The fourth-order valence-electron chi connectivity index (χ4n) is 3.15. The van der Waals surface area contributed by atoms with Crippen LogP contribution in [-0.2, 0) is 13.2 Å². The van der Waals surface area contributed by atoms with E-state index in [0.29, 0.717) is 41.8 Å². The van der Waals surface area contributed by atoms with Gasteiger partial charge in [-0.3, -0.25) is 0 Å². The Labute approximate surface area is 181 Å². The number of benzene rings is 3. The minimum atomic E-state index is -0.946. The zero-order chi connectivity index (χ0) is 21.5. The summed E-state index contributed by atoms with van der Waals surface area (Å²) >= 11 is 6.26. The van der Waals surface area contributed by atoms with E-state index in [-0.39, 0.29) is 5.56 Å². The lowest BCUT2D eigenvalue weighted by Gasteiger charge is -2.18. The number of halogens is 1. The van der Waals surface area contributed by atoms with Crippen LogP contribution in [-0.4, -0.2) is 17.7 Å². The number of rotatable bonds is 9. The third-order valence-electron chi connectivity index (χ3n) is 4.72. The summed E-state index contributed by atoms with van der Waals surface area (Å²) in [6.45, 7) is 4.98. The van der Waals surface area contributed by atoms with Crippen LogP contribution in [0.1, 0.15) is 34.0 Å². The van der Waals surface area contributed by atoms with E-state index in [4.69, 9.17) is 21.1 Å². The summed E-state index contributed by atoms with van der Waals surface area (Å²) in [6, 6.07) is 18.5. The van der Waals surface area contributed by atoms with Crippen molar-refractivity contribution in [3.05, 3.63) is 87.9 Å². The lowest BCUT2D eigenvalue weighted by molar-refractivity contribution is 0.0696. The number of para-hydroxylation sites is 1. The molecule has 0 unspecified atom stereocenters. The second kappa shape index (κ2) is 10.0. The second-order valence-corrected chi connectivity index (χ2v) is 7.10. The molecule has 0 bridgehead atoms. The highest BCUT2D eigenvalue weighted by Gasteiger charge is 2.14. The maximum Gasteiger partial charge on any atom is 0.336 e. The van der Waals surface area contributed by atoms with Crippen molar-refractivity contribution in [1.29, 1.82) is 0 Å². The first-order chi connectivity index (χ1) is 14.5. The second-order valence-electron chi connectivity index (χ2n) is 6.69. The maximum atomic E-state index is 11.4. The highest BCUT2D eigenvalue weighted by molar-refractivity contribution is 6.31. The lowest BCUT2D eigenvalue weighted by atomic mass is 10.1. The van der Waals surface area contributed by atoms with Gasteiger partial charge in [-0.2, -0.15) is 0 Å². The Morgan fingerprint density at radius 2 is 1.73 bits per heavy atom. The van der Waals surface area contributed by atoms with Gasteiger partial charge >= 0.3 is 5.97 Å². The molecule has 0 saturated carbocycles. The van der Waals surface area contributed by atoms with E-state index in [1.165, 1.54) is 0 Å². The zero-order valence-corrected chi connectivity index (χ0v) is 17.7. The van der Waals surface area contributed by atoms with Crippen molar-refractivity contribution in [2.24, 2.45) is 0 Å². The number of aromatic carboxylic acids is 1. The molecule has 6 heteroatoms. The van der Waals surface area contributed by atoms with E-state index in [1.807, 2.05) is 55.5 Å². The van der Waals surface area contributed by atoms with Crippen LogP contribution in [0.4, 0.5) is 5.69 Å². The van der Waals surface area contributed by atoms with Gasteiger partial charge in [0.25, 0.3) is 0 Å². The molecule has 3 aromatic rings. The molecule has 0 heterocycles. The standard InChI is InChI=1S/C24H24ClNO4/c1-3-29-22-13-6-9-17(23(22)30-15-18-8-4-5-11-20(18)25)14-26-21-12-7-10-19(16(21)2)24(27)28/h4-13,26H,3,14-15H2,1-2H3,(H,27,28). The number of anilines is 1. The molecule has 0 aliphatic carbocycles. The SMILES string of the molecule is CCOc1cccc(CNc2cccc(C(=O)O)c2C)c1OCc1ccccc1Cl. The minimum Gasteiger partial charge on any atom is -0.490 e. The number of hydrogen-bond acceptors (Lipinski definition) is 4. The van der Waals surface area contributed by atoms with Crippen molar-refractivity contribution >= 4 is 23.3 Å². The summed E-state index contributed by atoms with van der Waals surface area (Å²) in [5.41, 5.74) is 3.50. The molecular formula is C24H24ClNO4. The zero-order valence-electron chi connectivity index (χ0n) is 16.9. The Hall–Kier alpha value is -3.18. The Morgan fingerprint density at radius 1 is 1.00 bits per heavy atom. The van der Waals surface area contributed by atoms with Crippen molar-refractivity contribution in [2.75, 3.05) is 11.9 Å². The molecule has 0 atom stereocenters. The van der Waals surface area contributed by atoms with Gasteiger partial charge in [-0.1, -0.05) is 48.0 Å². The van der Waals surface area contributed by atoms with Crippen LogP contribution < -0.4 is 14.8 Å². The van der Waals surface area contributed by atoms with Crippen LogP contribution in [0.25, 0.3) is 0 Å². The van der Waals surface area contributed by atoms with Crippen LogP contribution in [0.15, 0.2) is 60.7 Å². The number of hydrogen-bond donors (Lipinski definition) is 2. The van der Waals surface area contributed by atoms with Gasteiger partial charge in [-0.15, -0.1) is 0 Å². The lowest BCUT2D eigenvalue weighted by Crippen LogP contribution is -2.08. The molecule has 0 aromatic heterocycles. The number of nitrogens with one attached hydrogen (secondary N) is 1. The van der Waals surface area contributed by atoms with Crippen molar-refractivity contribution in [3.63, 3.8) is 0 Å². The molecule has 30 heavy (non-hydrogen) atoms. The Bertz CT molecular complexity index is 1040. The van der Waals surface area contributed by atoms with Crippen LogP contribution in [0.3, 0.4) is 0 Å². The quantitative estimate of drug-likeness (QED) is 0.444. The molecule has 0 amide bonds. The highest BCUT2D eigenvalue weighted by atomic mass is 35.5. The topological polar surface area (TPSA) is 67.8 Å². The molecule has 0 spiro atoms. The molecule has 3 aromatic carbocycles. The van der Waals surface area contributed by atoms with Gasteiger partial charge in [0.05, 0.1) is 12.2 Å². The van der Waals surface area contributed by atoms with Crippen molar-refractivity contribution in [3.8, 4) is 11.5 Å². The summed E-state index contributed by atoms with van der Waals surface area (Å²) in [5, 5.41) is 13.3. The number of carboxylic acids is 1. The van der Waals surface area contributed by atoms with Crippen molar-refractivity contribution < 1.29 is 19.4 Å². The van der Waals surface area contributed by atoms with Gasteiger partial charge in [0.2, 0.25) is 0 Å². The number of carbonyl (C=O) groups is 1. The summed E-state index contributed by atoms with van der Waals surface area (Å²) in [4.78, 5) is 11.4. The van der Waals surface area contributed by atoms with E-state index in [1.54, 1.807) is 19.1 Å². The van der Waals surface area contributed by atoms with Gasteiger partial charge in [0.15, 0.2) is 11.5 Å². The van der Waals surface area contributed by atoms with E-state index >= 15 is 0 Å². The van der Waals surface area contributed by atoms with Gasteiger partial charge in [0.1, 0.15) is 6.61 Å². The average Bonchev–Trinajstić information content (AvgIpc) is 2.73. The molecular weight excluding hydrogens is 402 g/mol. The molecule has 0 aliphatic heterocycles. The molecule has 0 aliphatic rings. The van der Waals surface area contributed by atoms with Gasteiger partial charge in [-0.05, 0) is 43.7 Å². The molecule has 0 saturated heterocycles. The molecule has 0 radical (unpaired) electrons.